The largest absolute Gasteiger partial charge is 0.373 e. The predicted octanol–water partition coefficient (Wildman–Crippen LogP) is 3.60. The van der Waals surface area contributed by atoms with Gasteiger partial charge in [-0.3, -0.25) is 4.79 Å². The Bertz CT molecular complexity index is 717. The third kappa shape index (κ3) is 4.56. The Morgan fingerprint density at radius 1 is 1.32 bits per heavy atom. The molecule has 2 heterocycles. The van der Waals surface area contributed by atoms with Crippen LogP contribution in [0.2, 0.25) is 0 Å². The second-order valence-electron chi connectivity index (χ2n) is 6.53. The Hall–Kier alpha value is -2.43. The van der Waals surface area contributed by atoms with E-state index in [9.17, 15) is 9.18 Å². The minimum atomic E-state index is -0.243. The van der Waals surface area contributed by atoms with Crippen LogP contribution in [0, 0.1) is 5.82 Å². The Labute approximate surface area is 148 Å². The summed E-state index contributed by atoms with van der Waals surface area (Å²) >= 11 is 0. The number of amides is 1. The van der Waals surface area contributed by atoms with Gasteiger partial charge in [0.15, 0.2) is 0 Å². The van der Waals surface area contributed by atoms with Gasteiger partial charge < -0.3 is 10.2 Å². The lowest BCUT2D eigenvalue weighted by atomic mass is 9.91. The molecular formula is C20H24FN3O. The predicted molar refractivity (Wildman–Crippen MR) is 97.1 cm³/mol. The van der Waals surface area contributed by atoms with Crippen LogP contribution in [0.3, 0.4) is 0 Å². The van der Waals surface area contributed by atoms with Crippen molar-refractivity contribution in [3.05, 3.63) is 59.5 Å². The van der Waals surface area contributed by atoms with E-state index in [0.717, 1.165) is 37.3 Å². The van der Waals surface area contributed by atoms with Crippen LogP contribution < -0.4 is 5.32 Å². The van der Waals surface area contributed by atoms with Gasteiger partial charge in [-0.2, -0.15) is 0 Å². The van der Waals surface area contributed by atoms with Crippen molar-refractivity contribution >= 4 is 11.7 Å². The molecule has 1 amide bonds. The number of hydrogen-bond acceptors (Lipinski definition) is 3. The molecule has 0 saturated carbocycles. The summed E-state index contributed by atoms with van der Waals surface area (Å²) in [7, 11) is 1.86. The van der Waals surface area contributed by atoms with Gasteiger partial charge in [-0.1, -0.05) is 12.1 Å². The number of hydrogen-bond donors (Lipinski definition) is 1. The van der Waals surface area contributed by atoms with Crippen LogP contribution in [0.5, 0.6) is 0 Å². The molecule has 2 aromatic rings. The highest BCUT2D eigenvalue weighted by molar-refractivity contribution is 5.76. The summed E-state index contributed by atoms with van der Waals surface area (Å²) in [4.78, 5) is 18.8. The Morgan fingerprint density at radius 2 is 2.12 bits per heavy atom. The number of anilines is 1. The summed E-state index contributed by atoms with van der Waals surface area (Å²) in [6.07, 6.45) is 5.05. The molecular weight excluding hydrogens is 317 g/mol. The molecule has 132 valence electrons. The first kappa shape index (κ1) is 17.4. The van der Waals surface area contributed by atoms with E-state index in [-0.39, 0.29) is 11.7 Å². The standard InChI is InChI=1S/C20H24FN3O/c1-22-19-13-16(10-11-23-19)17-3-2-12-24(14-17)20(25)9-6-15-4-7-18(21)8-5-15/h4-5,7-8,10-11,13,17H,2-3,6,9,12,14H2,1H3,(H,22,23)/t17-/m1/s1. The molecule has 1 N–H and O–H groups in total. The molecule has 0 bridgehead atoms. The van der Waals surface area contributed by atoms with Crippen LogP contribution in [-0.4, -0.2) is 35.9 Å². The second kappa shape index (κ2) is 8.10. The van der Waals surface area contributed by atoms with Gasteiger partial charge in [0.25, 0.3) is 0 Å². The molecule has 3 rings (SSSR count). The lowest BCUT2D eigenvalue weighted by Crippen LogP contribution is -2.39. The number of pyridine rings is 1. The highest BCUT2D eigenvalue weighted by Gasteiger charge is 2.24. The Kier molecular flexibility index (Phi) is 5.64. The van der Waals surface area contributed by atoms with Crippen LogP contribution in [0.1, 0.15) is 36.3 Å². The van der Waals surface area contributed by atoms with Crippen molar-refractivity contribution in [1.82, 2.24) is 9.88 Å². The Morgan fingerprint density at radius 3 is 2.88 bits per heavy atom. The average molecular weight is 341 g/mol. The van der Waals surface area contributed by atoms with E-state index in [0.29, 0.717) is 18.8 Å². The van der Waals surface area contributed by atoms with E-state index in [1.807, 2.05) is 24.2 Å². The number of aromatic nitrogens is 1. The maximum absolute atomic E-state index is 13.0. The number of carbonyl (C=O) groups is 1. The molecule has 5 heteroatoms. The number of piperidine rings is 1. The molecule has 0 unspecified atom stereocenters. The fraction of sp³-hybridized carbons (Fsp3) is 0.400. The molecule has 1 atom stereocenters. The number of aryl methyl sites for hydroxylation is 1. The highest BCUT2D eigenvalue weighted by atomic mass is 19.1. The molecule has 0 spiro atoms. The van der Waals surface area contributed by atoms with Gasteiger partial charge in [0.1, 0.15) is 11.6 Å². The quantitative estimate of drug-likeness (QED) is 0.904. The van der Waals surface area contributed by atoms with Crippen molar-refractivity contribution in [2.75, 3.05) is 25.5 Å². The van der Waals surface area contributed by atoms with Crippen LogP contribution >= 0.6 is 0 Å². The van der Waals surface area contributed by atoms with Crippen LogP contribution in [-0.2, 0) is 11.2 Å². The van der Waals surface area contributed by atoms with Gasteiger partial charge in [0, 0.05) is 38.7 Å². The van der Waals surface area contributed by atoms with Crippen LogP contribution in [0.25, 0.3) is 0 Å². The number of benzene rings is 1. The van der Waals surface area contributed by atoms with E-state index in [4.69, 9.17) is 0 Å². The number of carbonyl (C=O) groups excluding carboxylic acids is 1. The van der Waals surface area contributed by atoms with E-state index in [2.05, 4.69) is 16.4 Å². The lowest BCUT2D eigenvalue weighted by Gasteiger charge is -2.33. The van der Waals surface area contributed by atoms with E-state index >= 15 is 0 Å². The molecule has 1 fully saturated rings. The van der Waals surface area contributed by atoms with Gasteiger partial charge in [0.05, 0.1) is 0 Å². The molecule has 1 aliphatic heterocycles. The number of rotatable bonds is 5. The van der Waals surface area contributed by atoms with E-state index in [1.165, 1.54) is 17.7 Å². The molecule has 1 saturated heterocycles. The number of likely N-dealkylation sites (tertiary alicyclic amines) is 1. The van der Waals surface area contributed by atoms with Crippen molar-refractivity contribution in [3.63, 3.8) is 0 Å². The topological polar surface area (TPSA) is 45.2 Å². The third-order valence-corrected chi connectivity index (χ3v) is 4.83. The zero-order valence-electron chi connectivity index (χ0n) is 14.5. The highest BCUT2D eigenvalue weighted by Crippen LogP contribution is 2.28. The summed E-state index contributed by atoms with van der Waals surface area (Å²) in [5, 5.41) is 3.06. The van der Waals surface area contributed by atoms with E-state index in [1.54, 1.807) is 12.1 Å². The summed E-state index contributed by atoms with van der Waals surface area (Å²) in [5.41, 5.74) is 2.23. The minimum Gasteiger partial charge on any atom is -0.373 e. The summed E-state index contributed by atoms with van der Waals surface area (Å²) in [6, 6.07) is 10.5. The summed E-state index contributed by atoms with van der Waals surface area (Å²) in [6.45, 7) is 1.58. The first-order valence-corrected chi connectivity index (χ1v) is 8.81. The number of nitrogens with zero attached hydrogens (tertiary/aromatic N) is 2. The SMILES string of the molecule is CNc1cc([C@@H]2CCCN(C(=O)CCc3ccc(F)cc3)C2)ccn1. The Balaban J connectivity index is 1.58. The maximum Gasteiger partial charge on any atom is 0.222 e. The fourth-order valence-electron chi connectivity index (χ4n) is 3.37. The first-order valence-electron chi connectivity index (χ1n) is 8.81. The van der Waals surface area contributed by atoms with Gasteiger partial charge in [-0.25, -0.2) is 9.37 Å². The van der Waals surface area contributed by atoms with Crippen molar-refractivity contribution in [2.45, 2.75) is 31.6 Å². The van der Waals surface area contributed by atoms with E-state index < -0.39 is 0 Å². The average Bonchev–Trinajstić information content (AvgIpc) is 2.67. The van der Waals surface area contributed by atoms with Crippen LogP contribution in [0.4, 0.5) is 10.2 Å². The van der Waals surface area contributed by atoms with Crippen molar-refractivity contribution < 1.29 is 9.18 Å². The number of halogens is 1. The lowest BCUT2D eigenvalue weighted by molar-refractivity contribution is -0.132. The summed E-state index contributed by atoms with van der Waals surface area (Å²) in [5.74, 6) is 1.15. The van der Waals surface area contributed by atoms with Crippen molar-refractivity contribution in [3.8, 4) is 0 Å². The van der Waals surface area contributed by atoms with Gasteiger partial charge in [-0.05, 0) is 54.7 Å². The molecule has 0 radical (unpaired) electrons. The summed E-state index contributed by atoms with van der Waals surface area (Å²) < 4.78 is 13.0. The second-order valence-corrected chi connectivity index (χ2v) is 6.53. The van der Waals surface area contributed by atoms with Crippen LogP contribution in [0.15, 0.2) is 42.6 Å². The maximum atomic E-state index is 13.0. The molecule has 1 aromatic heterocycles. The number of nitrogens with one attached hydrogen (secondary N) is 1. The molecule has 0 aliphatic carbocycles. The first-order chi connectivity index (χ1) is 12.2. The molecule has 4 nitrogen and oxygen atoms in total. The fourth-order valence-corrected chi connectivity index (χ4v) is 3.37. The van der Waals surface area contributed by atoms with Gasteiger partial charge in [0.2, 0.25) is 5.91 Å². The van der Waals surface area contributed by atoms with Crippen molar-refractivity contribution in [2.24, 2.45) is 0 Å². The molecule has 1 aliphatic rings. The zero-order valence-corrected chi connectivity index (χ0v) is 14.5. The van der Waals surface area contributed by atoms with Crippen molar-refractivity contribution in [1.29, 1.82) is 0 Å². The monoisotopic (exact) mass is 341 g/mol. The molecule has 25 heavy (non-hydrogen) atoms. The van der Waals surface area contributed by atoms with Gasteiger partial charge >= 0.3 is 0 Å². The zero-order chi connectivity index (χ0) is 17.6. The normalized spacial score (nSPS) is 17.4. The minimum absolute atomic E-state index is 0.178. The van der Waals surface area contributed by atoms with Gasteiger partial charge in [-0.15, -0.1) is 0 Å². The third-order valence-electron chi connectivity index (χ3n) is 4.83. The molecule has 1 aromatic carbocycles. The smallest absolute Gasteiger partial charge is 0.222 e.